The fraction of sp³-hybridized carbons (Fsp3) is 0.800. The molecule has 0 aromatic carbocycles. The van der Waals surface area contributed by atoms with Crippen molar-refractivity contribution in [1.82, 2.24) is 5.32 Å². The first-order valence-corrected chi connectivity index (χ1v) is 2.70. The van der Waals surface area contributed by atoms with Crippen LogP contribution in [0.5, 0.6) is 0 Å². The van der Waals surface area contributed by atoms with E-state index < -0.39 is 6.09 Å². The molecule has 0 unspecified atom stereocenters. The topological polar surface area (TPSA) is 49.6 Å². The predicted octanol–water partition coefficient (Wildman–Crippen LogP) is -0.244. The molecule has 0 N–H and O–H groups in total. The van der Waals surface area contributed by atoms with Gasteiger partial charge in [0.25, 0.3) is 0 Å². The lowest BCUT2D eigenvalue weighted by atomic mass is 10.4. The Hall–Kier alpha value is -0.770. The van der Waals surface area contributed by atoms with Gasteiger partial charge in [-0.3, -0.25) is 0 Å². The maximum atomic E-state index is 10.3. The molecule has 9 heavy (non-hydrogen) atoms. The maximum absolute atomic E-state index is 10.3. The van der Waals surface area contributed by atoms with Crippen molar-refractivity contribution in [2.75, 3.05) is 20.3 Å². The summed E-state index contributed by atoms with van der Waals surface area (Å²) in [4.78, 5) is 10.3. The molecule has 1 heterocycles. The van der Waals surface area contributed by atoms with Crippen molar-refractivity contribution in [1.29, 1.82) is 0 Å². The van der Waals surface area contributed by atoms with Crippen LogP contribution in [0.3, 0.4) is 0 Å². The van der Waals surface area contributed by atoms with Gasteiger partial charge in [0, 0.05) is 7.11 Å². The molecule has 0 spiro atoms. The van der Waals surface area contributed by atoms with Crippen LogP contribution in [0.15, 0.2) is 0 Å². The summed E-state index contributed by atoms with van der Waals surface area (Å²) in [7, 11) is 1.56. The minimum Gasteiger partial charge on any atom is -0.440 e. The zero-order chi connectivity index (χ0) is 6.69. The number of rotatable bonds is 2. The third kappa shape index (κ3) is 1.57. The van der Waals surface area contributed by atoms with E-state index in [1.54, 1.807) is 7.11 Å². The smallest absolute Gasteiger partial charge is 0.429 e. The molecule has 1 radical (unpaired) electrons. The average Bonchev–Trinajstić information content (AvgIpc) is 2.17. The summed E-state index contributed by atoms with van der Waals surface area (Å²) in [5.74, 6) is 0. The van der Waals surface area contributed by atoms with E-state index >= 15 is 0 Å². The van der Waals surface area contributed by atoms with Crippen molar-refractivity contribution in [2.45, 2.75) is 6.10 Å². The Morgan fingerprint density at radius 1 is 2.00 bits per heavy atom. The molecule has 1 aliphatic heterocycles. The molecule has 0 aromatic heterocycles. The van der Waals surface area contributed by atoms with Gasteiger partial charge < -0.3 is 9.47 Å². The molecular weight excluding hydrogens is 122 g/mol. The van der Waals surface area contributed by atoms with E-state index in [2.05, 4.69) is 10.1 Å². The molecule has 1 fully saturated rings. The zero-order valence-electron chi connectivity index (χ0n) is 5.16. The molecule has 4 nitrogen and oxygen atoms in total. The Kier molecular flexibility index (Phi) is 1.89. The summed E-state index contributed by atoms with van der Waals surface area (Å²) in [5, 5.41) is 3.50. The number of amides is 1. The summed E-state index contributed by atoms with van der Waals surface area (Å²) in [6.45, 7) is 0.877. The van der Waals surface area contributed by atoms with Crippen molar-refractivity contribution in [3.8, 4) is 0 Å². The third-order valence-corrected chi connectivity index (χ3v) is 1.04. The average molecular weight is 130 g/mol. The minimum atomic E-state index is -0.475. The molecule has 1 aliphatic rings. The van der Waals surface area contributed by atoms with Gasteiger partial charge in [-0.2, -0.15) is 0 Å². The summed E-state index contributed by atoms with van der Waals surface area (Å²) in [6, 6.07) is 0. The van der Waals surface area contributed by atoms with Crippen LogP contribution < -0.4 is 5.32 Å². The van der Waals surface area contributed by atoms with Crippen molar-refractivity contribution in [2.24, 2.45) is 0 Å². The quantitative estimate of drug-likeness (QED) is 0.518. The lowest BCUT2D eigenvalue weighted by Gasteiger charge is -2.02. The van der Waals surface area contributed by atoms with E-state index in [1.807, 2.05) is 0 Å². The van der Waals surface area contributed by atoms with E-state index in [0.29, 0.717) is 13.2 Å². The second kappa shape index (κ2) is 2.68. The monoisotopic (exact) mass is 130 g/mol. The van der Waals surface area contributed by atoms with E-state index in [9.17, 15) is 4.79 Å². The van der Waals surface area contributed by atoms with Crippen LogP contribution in [0.1, 0.15) is 0 Å². The molecule has 51 valence electrons. The third-order valence-electron chi connectivity index (χ3n) is 1.04. The number of cyclic esters (lactones) is 1. The molecule has 0 saturated carbocycles. The van der Waals surface area contributed by atoms with Gasteiger partial charge in [0.1, 0.15) is 6.10 Å². The molecule has 1 saturated heterocycles. The first kappa shape index (κ1) is 6.35. The molecule has 1 rings (SSSR count). The Labute approximate surface area is 53.1 Å². The molecule has 1 atom stereocenters. The van der Waals surface area contributed by atoms with Crippen LogP contribution in [-0.2, 0) is 9.47 Å². The molecule has 0 bridgehead atoms. The van der Waals surface area contributed by atoms with Gasteiger partial charge >= 0.3 is 6.09 Å². The van der Waals surface area contributed by atoms with Crippen LogP contribution >= 0.6 is 0 Å². The first-order chi connectivity index (χ1) is 4.33. The van der Waals surface area contributed by atoms with Crippen LogP contribution in [0.2, 0.25) is 0 Å². The first-order valence-electron chi connectivity index (χ1n) is 2.70. The number of carbonyl (C=O) groups is 1. The van der Waals surface area contributed by atoms with Crippen LogP contribution in [0.4, 0.5) is 4.79 Å². The van der Waals surface area contributed by atoms with E-state index in [1.165, 1.54) is 0 Å². The Morgan fingerprint density at radius 2 is 2.78 bits per heavy atom. The van der Waals surface area contributed by atoms with Crippen LogP contribution in [-0.4, -0.2) is 32.5 Å². The van der Waals surface area contributed by atoms with Crippen molar-refractivity contribution in [3.63, 3.8) is 0 Å². The fourth-order valence-electron chi connectivity index (χ4n) is 0.666. The summed E-state index contributed by atoms with van der Waals surface area (Å²) < 4.78 is 9.41. The lowest BCUT2D eigenvalue weighted by Crippen LogP contribution is -2.17. The van der Waals surface area contributed by atoms with Gasteiger partial charge in [-0.05, 0) is 0 Å². The Morgan fingerprint density at radius 3 is 3.22 bits per heavy atom. The number of nitrogens with zero attached hydrogens (tertiary/aromatic N) is 1. The van der Waals surface area contributed by atoms with Gasteiger partial charge in [-0.25, -0.2) is 10.1 Å². The highest BCUT2D eigenvalue weighted by atomic mass is 16.6. The van der Waals surface area contributed by atoms with Gasteiger partial charge in [-0.1, -0.05) is 0 Å². The molecule has 0 aromatic rings. The van der Waals surface area contributed by atoms with Crippen LogP contribution in [0.25, 0.3) is 0 Å². The largest absolute Gasteiger partial charge is 0.440 e. The maximum Gasteiger partial charge on any atom is 0.429 e. The number of methoxy groups -OCH3 is 1. The standard InChI is InChI=1S/C5H8NO3/c1-8-3-4-2-6-5(7)9-4/h4H,2-3H2,1H3/t4-/m1/s1. The van der Waals surface area contributed by atoms with Crippen molar-refractivity contribution < 1.29 is 14.3 Å². The summed E-state index contributed by atoms with van der Waals surface area (Å²) in [6.07, 6.45) is -0.625. The SMILES string of the molecule is COC[C@H]1C[N]C(=O)O1. The lowest BCUT2D eigenvalue weighted by molar-refractivity contribution is 0.0717. The number of carbonyl (C=O) groups excluding carboxylic acids is 1. The number of hydrogen-bond acceptors (Lipinski definition) is 3. The predicted molar refractivity (Wildman–Crippen MR) is 29.1 cm³/mol. The highest BCUT2D eigenvalue weighted by Gasteiger charge is 2.23. The molecular formula is C5H8NO3. The van der Waals surface area contributed by atoms with Crippen molar-refractivity contribution in [3.05, 3.63) is 0 Å². The van der Waals surface area contributed by atoms with E-state index in [-0.39, 0.29) is 6.10 Å². The molecule has 0 aliphatic carbocycles. The highest BCUT2D eigenvalue weighted by molar-refractivity contribution is 5.68. The molecule has 4 heteroatoms. The number of ether oxygens (including phenoxy) is 2. The minimum absolute atomic E-state index is 0.150. The number of hydrogen-bond donors (Lipinski definition) is 0. The Bertz CT molecular complexity index is 115. The van der Waals surface area contributed by atoms with Gasteiger partial charge in [-0.15, -0.1) is 0 Å². The van der Waals surface area contributed by atoms with Gasteiger partial charge in [0.15, 0.2) is 0 Å². The summed E-state index contributed by atoms with van der Waals surface area (Å²) >= 11 is 0. The van der Waals surface area contributed by atoms with Gasteiger partial charge in [0.05, 0.1) is 13.2 Å². The fourth-order valence-corrected chi connectivity index (χ4v) is 0.666. The van der Waals surface area contributed by atoms with Crippen LogP contribution in [0, 0.1) is 0 Å². The summed E-state index contributed by atoms with van der Waals surface area (Å²) in [5.41, 5.74) is 0. The van der Waals surface area contributed by atoms with Crippen molar-refractivity contribution >= 4 is 6.09 Å². The molecule has 1 amide bonds. The van der Waals surface area contributed by atoms with Gasteiger partial charge in [0.2, 0.25) is 0 Å². The second-order valence-electron chi connectivity index (χ2n) is 1.80. The Balaban J connectivity index is 2.22. The zero-order valence-corrected chi connectivity index (χ0v) is 5.16. The van der Waals surface area contributed by atoms with E-state index in [0.717, 1.165) is 0 Å². The highest BCUT2D eigenvalue weighted by Crippen LogP contribution is 2.00. The normalized spacial score (nSPS) is 25.4. The van der Waals surface area contributed by atoms with E-state index in [4.69, 9.17) is 4.74 Å². The second-order valence-corrected chi connectivity index (χ2v) is 1.80.